The fourth-order valence-electron chi connectivity index (χ4n) is 1.84. The summed E-state index contributed by atoms with van der Waals surface area (Å²) in [5, 5.41) is 2.05. The van der Waals surface area contributed by atoms with E-state index in [1.165, 1.54) is 0 Å². The number of anilines is 1. The van der Waals surface area contributed by atoms with Crippen LogP contribution >= 0.6 is 0 Å². The molecule has 2 N–H and O–H groups in total. The maximum Gasteiger partial charge on any atom is 0.333 e. The number of benzene rings is 1. The van der Waals surface area contributed by atoms with E-state index in [0.717, 1.165) is 5.56 Å². The number of hydrogen-bond donors (Lipinski definition) is 2. The maximum absolute atomic E-state index is 12.1. The van der Waals surface area contributed by atoms with Gasteiger partial charge in [0.05, 0.1) is 0 Å². The summed E-state index contributed by atoms with van der Waals surface area (Å²) >= 11 is 0. The van der Waals surface area contributed by atoms with E-state index in [1.807, 2.05) is 10.8 Å². The molecule has 0 unspecified atom stereocenters. The number of rotatable bonds is 3. The van der Waals surface area contributed by atoms with E-state index in [1.54, 1.807) is 45.0 Å². The van der Waals surface area contributed by atoms with Gasteiger partial charge in [-0.25, -0.2) is 19.5 Å². The van der Waals surface area contributed by atoms with Crippen LogP contribution in [-0.2, 0) is 10.0 Å². The second kappa shape index (κ2) is 6.10. The first kappa shape index (κ1) is 15.9. The highest BCUT2D eigenvalue weighted by atomic mass is 32.2. The van der Waals surface area contributed by atoms with Crippen molar-refractivity contribution in [3.63, 3.8) is 0 Å². The molecular formula is C14H16N4O3S. The normalized spacial score (nSPS) is 11.0. The fraction of sp³-hybridized carbons (Fsp3) is 0.214. The van der Waals surface area contributed by atoms with E-state index < -0.39 is 21.2 Å². The second-order valence-electron chi connectivity index (χ2n) is 4.81. The maximum atomic E-state index is 12.1. The first-order valence-electron chi connectivity index (χ1n) is 6.49. The number of aryl methyl sites for hydroxylation is 3. The van der Waals surface area contributed by atoms with Crippen molar-refractivity contribution in [2.24, 2.45) is 0 Å². The standard InChI is InChI=1S/C14H16N4O3S/c1-9-6-4-5-7-12(9)17-13(19)18-22(20,21)14-15-10(2)8-11(3)16-14/h4-8H,1-3H3,(H2,17,18,19). The number of nitrogens with zero attached hydrogens (tertiary/aromatic N) is 2. The molecule has 0 aliphatic rings. The molecule has 0 fully saturated rings. The SMILES string of the molecule is Cc1cc(C)nc(S(=O)(=O)NC(=O)Nc2ccccc2C)n1. The largest absolute Gasteiger partial charge is 0.333 e. The minimum atomic E-state index is -4.12. The molecule has 0 radical (unpaired) electrons. The van der Waals surface area contributed by atoms with Crippen LogP contribution in [0.25, 0.3) is 0 Å². The van der Waals surface area contributed by atoms with E-state index in [0.29, 0.717) is 17.1 Å². The van der Waals surface area contributed by atoms with Crippen molar-refractivity contribution < 1.29 is 13.2 Å². The molecule has 2 aromatic rings. The zero-order chi connectivity index (χ0) is 16.3. The summed E-state index contributed by atoms with van der Waals surface area (Å²) in [4.78, 5) is 19.6. The zero-order valence-corrected chi connectivity index (χ0v) is 13.2. The van der Waals surface area contributed by atoms with Gasteiger partial charge in [0, 0.05) is 17.1 Å². The predicted octanol–water partition coefficient (Wildman–Crippen LogP) is 1.91. The van der Waals surface area contributed by atoms with Gasteiger partial charge < -0.3 is 5.32 Å². The van der Waals surface area contributed by atoms with Crippen LogP contribution in [0.5, 0.6) is 0 Å². The summed E-state index contributed by atoms with van der Waals surface area (Å²) in [6, 6.07) is 7.82. The van der Waals surface area contributed by atoms with Crippen LogP contribution in [0.1, 0.15) is 17.0 Å². The summed E-state index contributed by atoms with van der Waals surface area (Å²) in [6.45, 7) is 5.11. The lowest BCUT2D eigenvalue weighted by Crippen LogP contribution is -2.35. The van der Waals surface area contributed by atoms with Crippen LogP contribution in [0.3, 0.4) is 0 Å². The van der Waals surface area contributed by atoms with Crippen LogP contribution < -0.4 is 10.0 Å². The Morgan fingerprint density at radius 1 is 1.05 bits per heavy atom. The van der Waals surface area contributed by atoms with Gasteiger partial charge in [-0.2, -0.15) is 8.42 Å². The Labute approximate surface area is 128 Å². The molecule has 116 valence electrons. The number of urea groups is 1. The molecule has 0 spiro atoms. The molecule has 0 aliphatic heterocycles. The molecule has 1 heterocycles. The summed E-state index contributed by atoms with van der Waals surface area (Å²) in [5.74, 6) is 0. The minimum Gasteiger partial charge on any atom is -0.307 e. The van der Waals surface area contributed by atoms with Gasteiger partial charge in [0.1, 0.15) is 0 Å². The Morgan fingerprint density at radius 3 is 2.23 bits per heavy atom. The van der Waals surface area contributed by atoms with E-state index in [2.05, 4.69) is 15.3 Å². The van der Waals surface area contributed by atoms with Crippen LogP contribution in [0, 0.1) is 20.8 Å². The highest BCUT2D eigenvalue weighted by molar-refractivity contribution is 7.89. The third-order valence-electron chi connectivity index (χ3n) is 2.82. The van der Waals surface area contributed by atoms with Gasteiger partial charge in [-0.3, -0.25) is 0 Å². The summed E-state index contributed by atoms with van der Waals surface area (Å²) in [5.41, 5.74) is 2.36. The minimum absolute atomic E-state index is 0.426. The van der Waals surface area contributed by atoms with Gasteiger partial charge in [0.15, 0.2) is 0 Å². The lowest BCUT2D eigenvalue weighted by atomic mass is 10.2. The van der Waals surface area contributed by atoms with Crippen molar-refractivity contribution in [3.05, 3.63) is 47.3 Å². The average molecular weight is 320 g/mol. The highest BCUT2D eigenvalue weighted by Crippen LogP contribution is 2.13. The second-order valence-corrected chi connectivity index (χ2v) is 6.38. The summed E-state index contributed by atoms with van der Waals surface area (Å²) < 4.78 is 26.2. The number of amides is 2. The van der Waals surface area contributed by atoms with Crippen molar-refractivity contribution >= 4 is 21.7 Å². The molecule has 0 saturated carbocycles. The number of carbonyl (C=O) groups is 1. The van der Waals surface area contributed by atoms with Crippen LogP contribution in [0.4, 0.5) is 10.5 Å². The number of hydrogen-bond acceptors (Lipinski definition) is 5. The predicted molar refractivity (Wildman–Crippen MR) is 82.0 cm³/mol. The molecule has 22 heavy (non-hydrogen) atoms. The van der Waals surface area contributed by atoms with E-state index in [4.69, 9.17) is 0 Å². The fourth-order valence-corrected chi connectivity index (χ4v) is 2.76. The highest BCUT2D eigenvalue weighted by Gasteiger charge is 2.21. The lowest BCUT2D eigenvalue weighted by Gasteiger charge is -2.10. The molecule has 2 amide bonds. The molecule has 8 heteroatoms. The van der Waals surface area contributed by atoms with Crippen molar-refractivity contribution in [1.82, 2.24) is 14.7 Å². The van der Waals surface area contributed by atoms with E-state index >= 15 is 0 Å². The lowest BCUT2D eigenvalue weighted by molar-refractivity contribution is 0.256. The molecule has 1 aromatic heterocycles. The van der Waals surface area contributed by atoms with E-state index in [9.17, 15) is 13.2 Å². The molecule has 7 nitrogen and oxygen atoms in total. The Kier molecular flexibility index (Phi) is 4.41. The average Bonchev–Trinajstić information content (AvgIpc) is 2.39. The van der Waals surface area contributed by atoms with Crippen molar-refractivity contribution in [1.29, 1.82) is 0 Å². The Hall–Kier alpha value is -2.48. The summed E-state index contributed by atoms with van der Waals surface area (Å²) in [7, 11) is -4.12. The molecule has 0 aliphatic carbocycles. The Morgan fingerprint density at radius 2 is 1.64 bits per heavy atom. The van der Waals surface area contributed by atoms with Crippen molar-refractivity contribution in [2.75, 3.05) is 5.32 Å². The van der Waals surface area contributed by atoms with Crippen molar-refractivity contribution in [3.8, 4) is 0 Å². The number of nitrogens with one attached hydrogen (secondary N) is 2. The van der Waals surface area contributed by atoms with Gasteiger partial charge in [-0.1, -0.05) is 18.2 Å². The number of para-hydroxylation sites is 1. The third kappa shape index (κ3) is 3.79. The third-order valence-corrected chi connectivity index (χ3v) is 3.94. The smallest absolute Gasteiger partial charge is 0.307 e. The van der Waals surface area contributed by atoms with Crippen molar-refractivity contribution in [2.45, 2.75) is 25.9 Å². The van der Waals surface area contributed by atoms with E-state index in [-0.39, 0.29) is 0 Å². The monoisotopic (exact) mass is 320 g/mol. The van der Waals surface area contributed by atoms with Gasteiger partial charge in [-0.15, -0.1) is 0 Å². The van der Waals surface area contributed by atoms with Gasteiger partial charge in [0.2, 0.25) is 0 Å². The number of aromatic nitrogens is 2. The molecule has 0 atom stereocenters. The number of carbonyl (C=O) groups excluding carboxylic acids is 1. The van der Waals surface area contributed by atoms with Gasteiger partial charge >= 0.3 is 16.1 Å². The molecule has 0 bridgehead atoms. The zero-order valence-electron chi connectivity index (χ0n) is 12.4. The van der Waals surface area contributed by atoms with Gasteiger partial charge in [0.25, 0.3) is 5.16 Å². The molecule has 0 saturated heterocycles. The Balaban J connectivity index is 2.18. The number of sulfonamides is 1. The van der Waals surface area contributed by atoms with Gasteiger partial charge in [-0.05, 0) is 38.5 Å². The first-order chi connectivity index (χ1) is 10.3. The summed E-state index contributed by atoms with van der Waals surface area (Å²) in [6.07, 6.45) is 0. The molecule has 1 aromatic carbocycles. The topological polar surface area (TPSA) is 101 Å². The molecule has 2 rings (SSSR count). The quantitative estimate of drug-likeness (QED) is 0.841. The molecular weight excluding hydrogens is 304 g/mol. The van der Waals surface area contributed by atoms with Crippen LogP contribution in [0.15, 0.2) is 35.5 Å². The van der Waals surface area contributed by atoms with Crippen LogP contribution in [-0.4, -0.2) is 24.4 Å². The first-order valence-corrected chi connectivity index (χ1v) is 7.98. The van der Waals surface area contributed by atoms with Crippen LogP contribution in [0.2, 0.25) is 0 Å². The Bertz CT molecular complexity index is 798.